The lowest BCUT2D eigenvalue weighted by Crippen LogP contribution is -2.46. The Bertz CT molecular complexity index is 883. The molecule has 5 nitrogen and oxygen atoms in total. The summed E-state index contributed by atoms with van der Waals surface area (Å²) in [6.45, 7) is 8.70. The van der Waals surface area contributed by atoms with E-state index >= 15 is 0 Å². The van der Waals surface area contributed by atoms with Crippen molar-refractivity contribution in [3.63, 3.8) is 0 Å². The number of nitrogens with zero attached hydrogens (tertiary/aromatic N) is 4. The lowest BCUT2D eigenvalue weighted by molar-refractivity contribution is 0.127. The molecule has 25 heavy (non-hydrogen) atoms. The summed E-state index contributed by atoms with van der Waals surface area (Å²) < 4.78 is 2.02. The summed E-state index contributed by atoms with van der Waals surface area (Å²) in [4.78, 5) is 8.49. The zero-order valence-electron chi connectivity index (χ0n) is 15.6. The molecule has 1 fully saturated rings. The van der Waals surface area contributed by atoms with E-state index in [0.717, 1.165) is 31.9 Å². The minimum atomic E-state index is 0.249. The number of aryl methyl sites for hydroxylation is 2. The Hall–Kier alpha value is -2.11. The number of likely N-dealkylation sites (N-methyl/N-ethyl adjacent to an activating group) is 1. The first-order valence-corrected chi connectivity index (χ1v) is 9.05. The van der Waals surface area contributed by atoms with Crippen LogP contribution in [-0.2, 0) is 7.05 Å². The van der Waals surface area contributed by atoms with E-state index in [1.165, 1.54) is 27.7 Å². The molecule has 1 unspecified atom stereocenters. The molecule has 132 valence electrons. The van der Waals surface area contributed by atoms with Crippen LogP contribution < -0.4 is 0 Å². The van der Waals surface area contributed by atoms with Crippen LogP contribution in [0.25, 0.3) is 10.9 Å². The lowest BCUT2D eigenvalue weighted by Gasteiger charge is -2.38. The van der Waals surface area contributed by atoms with Gasteiger partial charge in [0.1, 0.15) is 0 Å². The van der Waals surface area contributed by atoms with Crippen LogP contribution >= 0.6 is 0 Å². The molecule has 0 saturated carbocycles. The smallest absolute Gasteiger partial charge is 0.0660 e. The summed E-state index contributed by atoms with van der Waals surface area (Å²) in [5, 5.41) is 6.01. The van der Waals surface area contributed by atoms with Crippen LogP contribution in [0.4, 0.5) is 0 Å². The van der Waals surface area contributed by atoms with Gasteiger partial charge in [-0.3, -0.25) is 9.58 Å². The number of H-pyrrole nitrogens is 1. The maximum absolute atomic E-state index is 4.70. The van der Waals surface area contributed by atoms with Crippen LogP contribution in [0.1, 0.15) is 28.6 Å². The van der Waals surface area contributed by atoms with Gasteiger partial charge in [-0.15, -0.1) is 0 Å². The Balaban J connectivity index is 1.87. The van der Waals surface area contributed by atoms with Gasteiger partial charge in [0.2, 0.25) is 0 Å². The SMILES string of the molecule is Cc1nn(C)c(C)c1C(c1c[nH]c2ccccc12)N1CCN(C)CC1. The Labute approximate surface area is 149 Å². The summed E-state index contributed by atoms with van der Waals surface area (Å²) in [7, 11) is 4.25. The van der Waals surface area contributed by atoms with E-state index in [1.807, 2.05) is 11.7 Å². The van der Waals surface area contributed by atoms with Gasteiger partial charge in [0.25, 0.3) is 0 Å². The number of hydrogen-bond acceptors (Lipinski definition) is 3. The predicted octanol–water partition coefficient (Wildman–Crippen LogP) is 2.86. The second-order valence-corrected chi connectivity index (χ2v) is 7.24. The highest BCUT2D eigenvalue weighted by Crippen LogP contribution is 2.37. The van der Waals surface area contributed by atoms with Crippen molar-refractivity contribution in [2.45, 2.75) is 19.9 Å². The molecule has 1 atom stereocenters. The molecular weight excluding hydrogens is 310 g/mol. The Kier molecular flexibility index (Phi) is 4.13. The minimum Gasteiger partial charge on any atom is -0.361 e. The molecule has 1 saturated heterocycles. The molecule has 1 aliphatic heterocycles. The van der Waals surface area contributed by atoms with Crippen molar-refractivity contribution in [2.24, 2.45) is 7.05 Å². The third kappa shape index (κ3) is 2.77. The minimum absolute atomic E-state index is 0.249. The first kappa shape index (κ1) is 16.4. The molecule has 0 spiro atoms. The fourth-order valence-corrected chi connectivity index (χ4v) is 4.12. The topological polar surface area (TPSA) is 40.1 Å². The van der Waals surface area contributed by atoms with Gasteiger partial charge in [0.15, 0.2) is 0 Å². The first-order chi connectivity index (χ1) is 12.1. The summed E-state index contributed by atoms with van der Waals surface area (Å²) in [5.41, 5.74) is 6.31. The highest BCUT2D eigenvalue weighted by atomic mass is 15.3. The number of para-hydroxylation sites is 1. The van der Waals surface area contributed by atoms with Crippen molar-refractivity contribution in [3.8, 4) is 0 Å². The van der Waals surface area contributed by atoms with Gasteiger partial charge < -0.3 is 9.88 Å². The van der Waals surface area contributed by atoms with Crippen LogP contribution in [0.2, 0.25) is 0 Å². The third-order valence-corrected chi connectivity index (χ3v) is 5.66. The van der Waals surface area contributed by atoms with Crippen LogP contribution in [0.3, 0.4) is 0 Å². The van der Waals surface area contributed by atoms with E-state index in [2.05, 4.69) is 66.1 Å². The number of piperazine rings is 1. The number of aromatic amines is 1. The van der Waals surface area contributed by atoms with E-state index in [0.29, 0.717) is 0 Å². The van der Waals surface area contributed by atoms with E-state index in [1.54, 1.807) is 0 Å². The van der Waals surface area contributed by atoms with Gasteiger partial charge in [-0.1, -0.05) is 18.2 Å². The van der Waals surface area contributed by atoms with Gasteiger partial charge >= 0.3 is 0 Å². The second kappa shape index (κ2) is 6.32. The molecule has 1 aliphatic rings. The van der Waals surface area contributed by atoms with Crippen molar-refractivity contribution in [1.29, 1.82) is 0 Å². The normalized spacial score (nSPS) is 18.1. The van der Waals surface area contributed by atoms with E-state index < -0.39 is 0 Å². The Morgan fingerprint density at radius 2 is 1.76 bits per heavy atom. The molecule has 0 aliphatic carbocycles. The van der Waals surface area contributed by atoms with Gasteiger partial charge in [0, 0.05) is 61.6 Å². The number of aromatic nitrogens is 3. The fourth-order valence-electron chi connectivity index (χ4n) is 4.12. The van der Waals surface area contributed by atoms with Crippen LogP contribution in [0, 0.1) is 13.8 Å². The first-order valence-electron chi connectivity index (χ1n) is 9.05. The quantitative estimate of drug-likeness (QED) is 0.799. The summed E-state index contributed by atoms with van der Waals surface area (Å²) in [6, 6.07) is 8.85. The van der Waals surface area contributed by atoms with Crippen molar-refractivity contribution in [2.75, 3.05) is 33.2 Å². The van der Waals surface area contributed by atoms with Crippen molar-refractivity contribution in [3.05, 3.63) is 53.0 Å². The average molecular weight is 337 g/mol. The zero-order valence-corrected chi connectivity index (χ0v) is 15.6. The number of benzene rings is 1. The maximum atomic E-state index is 4.70. The highest BCUT2D eigenvalue weighted by molar-refractivity contribution is 5.84. The average Bonchev–Trinajstić information content (AvgIpc) is 3.13. The Morgan fingerprint density at radius 1 is 1.04 bits per heavy atom. The van der Waals surface area contributed by atoms with E-state index in [9.17, 15) is 0 Å². The maximum Gasteiger partial charge on any atom is 0.0660 e. The molecule has 0 bridgehead atoms. The van der Waals surface area contributed by atoms with Crippen molar-refractivity contribution >= 4 is 10.9 Å². The lowest BCUT2D eigenvalue weighted by atomic mass is 9.94. The highest BCUT2D eigenvalue weighted by Gasteiger charge is 2.31. The van der Waals surface area contributed by atoms with E-state index in [4.69, 9.17) is 5.10 Å². The molecule has 4 rings (SSSR count). The van der Waals surface area contributed by atoms with Gasteiger partial charge in [-0.05, 0) is 32.5 Å². The van der Waals surface area contributed by atoms with E-state index in [-0.39, 0.29) is 6.04 Å². The molecular formula is C20H27N5. The molecule has 1 N–H and O–H groups in total. The van der Waals surface area contributed by atoms with Gasteiger partial charge in [-0.25, -0.2) is 0 Å². The molecule has 1 aromatic carbocycles. The summed E-state index contributed by atoms with van der Waals surface area (Å²) >= 11 is 0. The molecule has 3 aromatic rings. The number of rotatable bonds is 3. The largest absolute Gasteiger partial charge is 0.361 e. The number of hydrogen-bond donors (Lipinski definition) is 1. The van der Waals surface area contributed by atoms with Crippen molar-refractivity contribution in [1.82, 2.24) is 24.6 Å². The standard InChI is InChI=1S/C20H27N5/c1-14-19(15(2)24(4)22-14)20(25-11-9-23(3)10-12-25)17-13-21-18-8-6-5-7-16(17)18/h5-8,13,20-21H,9-12H2,1-4H3. The van der Waals surface area contributed by atoms with Gasteiger partial charge in [0.05, 0.1) is 11.7 Å². The van der Waals surface area contributed by atoms with Gasteiger partial charge in [-0.2, -0.15) is 5.10 Å². The fraction of sp³-hybridized carbons (Fsp3) is 0.450. The summed E-state index contributed by atoms with van der Waals surface area (Å²) in [6.07, 6.45) is 2.19. The molecule has 0 amide bonds. The van der Waals surface area contributed by atoms with Crippen LogP contribution in [0.5, 0.6) is 0 Å². The molecule has 2 aromatic heterocycles. The molecule has 5 heteroatoms. The Morgan fingerprint density at radius 3 is 2.44 bits per heavy atom. The van der Waals surface area contributed by atoms with Crippen LogP contribution in [0.15, 0.2) is 30.5 Å². The summed E-state index contributed by atoms with van der Waals surface area (Å²) in [5.74, 6) is 0. The monoisotopic (exact) mass is 337 g/mol. The molecule has 3 heterocycles. The predicted molar refractivity (Wildman–Crippen MR) is 102 cm³/mol. The van der Waals surface area contributed by atoms with Crippen molar-refractivity contribution < 1.29 is 0 Å². The number of fused-ring (bicyclic) bond motifs is 1. The zero-order chi connectivity index (χ0) is 17.6. The van der Waals surface area contributed by atoms with Crippen LogP contribution in [-0.4, -0.2) is 57.8 Å². The third-order valence-electron chi connectivity index (χ3n) is 5.66. The molecule has 0 radical (unpaired) electrons. The number of nitrogens with one attached hydrogen (secondary N) is 1. The second-order valence-electron chi connectivity index (χ2n) is 7.24.